The highest BCUT2D eigenvalue weighted by molar-refractivity contribution is 5.80. The number of anilines is 1. The Morgan fingerprint density at radius 1 is 1.20 bits per heavy atom. The van der Waals surface area contributed by atoms with Crippen LogP contribution >= 0.6 is 0 Å². The molecule has 9 heteroatoms. The minimum absolute atomic E-state index is 0.0954. The maximum atomic E-state index is 13.6. The van der Waals surface area contributed by atoms with Crippen molar-refractivity contribution in [2.24, 2.45) is 0 Å². The third kappa shape index (κ3) is 4.45. The van der Waals surface area contributed by atoms with Crippen LogP contribution in [0.15, 0.2) is 35.3 Å². The van der Waals surface area contributed by atoms with E-state index in [0.29, 0.717) is 23.2 Å². The molecule has 1 aromatic carbocycles. The highest BCUT2D eigenvalue weighted by Gasteiger charge is 2.18. The van der Waals surface area contributed by atoms with E-state index in [-0.39, 0.29) is 11.5 Å². The van der Waals surface area contributed by atoms with Crippen molar-refractivity contribution in [1.82, 2.24) is 14.5 Å². The molecule has 7 nitrogen and oxygen atoms in total. The molecule has 0 aliphatic heterocycles. The molecule has 1 atom stereocenters. The smallest absolute Gasteiger partial charge is 0.325 e. The van der Waals surface area contributed by atoms with E-state index in [9.17, 15) is 18.4 Å². The number of benzene rings is 1. The fraction of sp³-hybridized carbons (Fsp3) is 0.333. The van der Waals surface area contributed by atoms with E-state index >= 15 is 0 Å². The van der Waals surface area contributed by atoms with Crippen molar-refractivity contribution >= 4 is 23.0 Å². The number of aryl methyl sites for hydroxylation is 1. The zero-order valence-electron chi connectivity index (χ0n) is 16.7. The predicted octanol–water partition coefficient (Wildman–Crippen LogP) is 3.81. The van der Waals surface area contributed by atoms with Crippen LogP contribution in [-0.4, -0.2) is 31.7 Å². The van der Waals surface area contributed by atoms with Crippen LogP contribution < -0.4 is 10.9 Å². The van der Waals surface area contributed by atoms with Crippen molar-refractivity contribution in [3.63, 3.8) is 0 Å². The summed E-state index contributed by atoms with van der Waals surface area (Å²) in [5, 5.41) is 11.7. The number of halogens is 2. The lowest BCUT2D eigenvalue weighted by molar-refractivity contribution is -0.137. The third-order valence-corrected chi connectivity index (χ3v) is 4.77. The second-order valence-electron chi connectivity index (χ2n) is 7.02. The molecule has 0 bridgehead atoms. The number of pyridine rings is 1. The second-order valence-corrected chi connectivity index (χ2v) is 7.02. The molecule has 0 aliphatic carbocycles. The number of carboxylic acids is 1. The van der Waals surface area contributed by atoms with Gasteiger partial charge in [0, 0.05) is 18.3 Å². The van der Waals surface area contributed by atoms with E-state index in [0.717, 1.165) is 31.4 Å². The van der Waals surface area contributed by atoms with Gasteiger partial charge in [-0.05, 0) is 37.1 Å². The Bertz CT molecular complexity index is 1150. The van der Waals surface area contributed by atoms with Crippen molar-refractivity contribution in [1.29, 1.82) is 0 Å². The van der Waals surface area contributed by atoms with E-state index in [2.05, 4.69) is 15.3 Å². The van der Waals surface area contributed by atoms with Crippen LogP contribution in [0.5, 0.6) is 0 Å². The molecule has 3 aromatic rings. The Morgan fingerprint density at radius 3 is 2.63 bits per heavy atom. The van der Waals surface area contributed by atoms with Crippen molar-refractivity contribution < 1.29 is 18.7 Å². The summed E-state index contributed by atoms with van der Waals surface area (Å²) in [4.78, 5) is 32.6. The molecule has 0 fully saturated rings. The topological polar surface area (TPSA) is 97.1 Å². The minimum atomic E-state index is -1.12. The molecule has 0 radical (unpaired) electrons. The first-order chi connectivity index (χ1) is 14.3. The number of aliphatic carboxylic acids is 1. The van der Waals surface area contributed by atoms with Crippen LogP contribution in [0.4, 0.5) is 14.6 Å². The number of hydrogen-bond acceptors (Lipinski definition) is 5. The summed E-state index contributed by atoms with van der Waals surface area (Å²) in [6.07, 6.45) is 4.05. The number of fused-ring (bicyclic) bond motifs is 1. The van der Waals surface area contributed by atoms with Gasteiger partial charge in [-0.15, -0.1) is 0 Å². The van der Waals surface area contributed by atoms with Gasteiger partial charge < -0.3 is 15.0 Å². The van der Waals surface area contributed by atoms with Crippen LogP contribution in [0, 0.1) is 11.6 Å². The molecule has 0 aliphatic rings. The molecular weight excluding hydrogens is 394 g/mol. The fourth-order valence-corrected chi connectivity index (χ4v) is 3.06. The van der Waals surface area contributed by atoms with Gasteiger partial charge in [0.15, 0.2) is 23.1 Å². The summed E-state index contributed by atoms with van der Waals surface area (Å²) >= 11 is 0. The van der Waals surface area contributed by atoms with E-state index in [4.69, 9.17) is 5.11 Å². The van der Waals surface area contributed by atoms with Crippen molar-refractivity contribution in [3.8, 4) is 11.1 Å². The van der Waals surface area contributed by atoms with Gasteiger partial charge in [-0.1, -0.05) is 25.8 Å². The first-order valence-electron chi connectivity index (χ1n) is 9.67. The molecule has 2 aromatic heterocycles. The SMILES string of the molecule is CCCCCn1c(=O)c(N[C@@H](C)C(=O)O)nc2ncc(-c3ccc(F)c(F)c3)cc21. The number of rotatable bonds is 8. The highest BCUT2D eigenvalue weighted by Crippen LogP contribution is 2.24. The Morgan fingerprint density at radius 2 is 1.97 bits per heavy atom. The normalized spacial score (nSPS) is 12.1. The van der Waals surface area contributed by atoms with Gasteiger partial charge in [0.25, 0.3) is 5.56 Å². The molecule has 30 heavy (non-hydrogen) atoms. The Hall–Kier alpha value is -3.36. The lowest BCUT2D eigenvalue weighted by atomic mass is 10.1. The van der Waals surface area contributed by atoms with Gasteiger partial charge >= 0.3 is 5.97 Å². The van der Waals surface area contributed by atoms with E-state index in [1.807, 2.05) is 6.92 Å². The largest absolute Gasteiger partial charge is 0.480 e. The van der Waals surface area contributed by atoms with Crippen LogP contribution in [0.25, 0.3) is 22.3 Å². The van der Waals surface area contributed by atoms with Gasteiger partial charge in [-0.2, -0.15) is 0 Å². The van der Waals surface area contributed by atoms with Gasteiger partial charge in [-0.3, -0.25) is 9.59 Å². The number of carboxylic acid groups (broad SMARTS) is 1. The molecule has 0 saturated carbocycles. The van der Waals surface area contributed by atoms with E-state index in [1.165, 1.54) is 23.8 Å². The third-order valence-electron chi connectivity index (χ3n) is 4.77. The summed E-state index contributed by atoms with van der Waals surface area (Å²) in [6.45, 7) is 3.84. The zero-order valence-corrected chi connectivity index (χ0v) is 16.7. The highest BCUT2D eigenvalue weighted by atomic mass is 19.2. The summed E-state index contributed by atoms with van der Waals surface area (Å²) in [6, 6.07) is 4.17. The van der Waals surface area contributed by atoms with E-state index in [1.54, 1.807) is 6.07 Å². The quantitative estimate of drug-likeness (QED) is 0.542. The van der Waals surface area contributed by atoms with Crippen LogP contribution in [0.2, 0.25) is 0 Å². The maximum absolute atomic E-state index is 13.6. The molecule has 0 saturated heterocycles. The summed E-state index contributed by atoms with van der Waals surface area (Å²) < 4.78 is 28.4. The van der Waals surface area contributed by atoms with Gasteiger partial charge in [0.1, 0.15) is 6.04 Å². The first kappa shape index (κ1) is 21.4. The molecule has 158 valence electrons. The maximum Gasteiger partial charge on any atom is 0.325 e. The molecule has 2 N–H and O–H groups in total. The average Bonchev–Trinajstić information content (AvgIpc) is 2.72. The fourth-order valence-electron chi connectivity index (χ4n) is 3.06. The molecule has 3 rings (SSSR count). The number of aromatic nitrogens is 3. The molecule has 0 amide bonds. The van der Waals surface area contributed by atoms with Gasteiger partial charge in [0.2, 0.25) is 0 Å². The molecular formula is C21H22F2N4O3. The van der Waals surface area contributed by atoms with Gasteiger partial charge in [0.05, 0.1) is 5.52 Å². The number of carbonyl (C=O) groups is 1. The number of nitrogens with one attached hydrogen (secondary N) is 1. The standard InChI is InChI=1S/C21H22F2N4O3/c1-3-4-5-8-27-17-10-14(13-6-7-15(22)16(23)9-13)11-24-18(17)26-19(20(27)28)25-12(2)21(29)30/h6-7,9-12H,3-5,8H2,1-2H3,(H,29,30)(H,24,25,26)/t12-/m0/s1. The minimum Gasteiger partial charge on any atom is -0.480 e. The lowest BCUT2D eigenvalue weighted by Gasteiger charge is -2.15. The molecule has 0 unspecified atom stereocenters. The van der Waals surface area contributed by atoms with Gasteiger partial charge in [-0.25, -0.2) is 18.7 Å². The number of hydrogen-bond donors (Lipinski definition) is 2. The Labute approximate surface area is 171 Å². The first-order valence-corrected chi connectivity index (χ1v) is 9.67. The van der Waals surface area contributed by atoms with Crippen LogP contribution in [-0.2, 0) is 11.3 Å². The zero-order chi connectivity index (χ0) is 21.8. The number of unbranched alkanes of at least 4 members (excludes halogenated alkanes) is 2. The molecule has 0 spiro atoms. The van der Waals surface area contributed by atoms with Crippen LogP contribution in [0.1, 0.15) is 33.1 Å². The monoisotopic (exact) mass is 416 g/mol. The lowest BCUT2D eigenvalue weighted by Crippen LogP contribution is -2.32. The summed E-state index contributed by atoms with van der Waals surface area (Å²) in [7, 11) is 0. The number of nitrogens with zero attached hydrogens (tertiary/aromatic N) is 3. The predicted molar refractivity (Wildman–Crippen MR) is 109 cm³/mol. The van der Waals surface area contributed by atoms with Crippen LogP contribution in [0.3, 0.4) is 0 Å². The van der Waals surface area contributed by atoms with E-state index < -0.39 is 29.2 Å². The van der Waals surface area contributed by atoms with Crippen molar-refractivity contribution in [3.05, 3.63) is 52.5 Å². The van der Waals surface area contributed by atoms with Crippen molar-refractivity contribution in [2.75, 3.05) is 5.32 Å². The summed E-state index contributed by atoms with van der Waals surface area (Å²) in [5.74, 6) is -3.14. The second kappa shape index (κ2) is 8.98. The van der Waals surface area contributed by atoms with Crippen molar-refractivity contribution in [2.45, 2.75) is 45.7 Å². The average molecular weight is 416 g/mol. The Kier molecular flexibility index (Phi) is 6.39. The molecule has 2 heterocycles. The summed E-state index contributed by atoms with van der Waals surface area (Å²) in [5.41, 5.74) is 1.14. The Balaban J connectivity index is 2.14.